The predicted molar refractivity (Wildman–Crippen MR) is 116 cm³/mol. The lowest BCUT2D eigenvalue weighted by Gasteiger charge is -2.23. The molecule has 0 amide bonds. The summed E-state index contributed by atoms with van der Waals surface area (Å²) in [6, 6.07) is 4.90. The summed E-state index contributed by atoms with van der Waals surface area (Å²) in [4.78, 5) is 0. The summed E-state index contributed by atoms with van der Waals surface area (Å²) < 4.78 is 70.4. The number of benzene rings is 2. The SMILES string of the molecule is Cc1cc(F)c(F)c(Nc2ccc(I)cc2F)c1NS(=O)(=O)C1(CC(O)CO)CC1. The minimum Gasteiger partial charge on any atom is -0.394 e. The Morgan fingerprint density at radius 2 is 1.83 bits per heavy atom. The molecule has 0 heterocycles. The first-order chi connectivity index (χ1) is 14.0. The van der Waals surface area contributed by atoms with Crippen LogP contribution in [-0.4, -0.2) is 36.1 Å². The third-order valence-electron chi connectivity index (χ3n) is 5.04. The summed E-state index contributed by atoms with van der Waals surface area (Å²) in [5.74, 6) is -3.31. The van der Waals surface area contributed by atoms with Gasteiger partial charge in [-0.15, -0.1) is 0 Å². The highest BCUT2D eigenvalue weighted by Gasteiger charge is 2.55. The number of anilines is 3. The number of rotatable bonds is 8. The number of aliphatic hydroxyl groups excluding tert-OH is 2. The third kappa shape index (κ3) is 4.53. The van der Waals surface area contributed by atoms with Crippen molar-refractivity contribution in [3.05, 3.63) is 50.9 Å². The van der Waals surface area contributed by atoms with Gasteiger partial charge < -0.3 is 15.5 Å². The van der Waals surface area contributed by atoms with Crippen LogP contribution in [0.5, 0.6) is 0 Å². The fraction of sp³-hybridized carbons (Fsp3) is 0.368. The van der Waals surface area contributed by atoms with Gasteiger partial charge in [-0.1, -0.05) is 0 Å². The van der Waals surface area contributed by atoms with E-state index in [0.717, 1.165) is 6.07 Å². The Labute approximate surface area is 185 Å². The number of hydrogen-bond acceptors (Lipinski definition) is 5. The van der Waals surface area contributed by atoms with Crippen molar-refractivity contribution in [3.8, 4) is 0 Å². The van der Waals surface area contributed by atoms with Crippen molar-refractivity contribution in [2.45, 2.75) is 37.0 Å². The molecule has 2 aromatic rings. The largest absolute Gasteiger partial charge is 0.394 e. The predicted octanol–water partition coefficient (Wildman–Crippen LogP) is 3.78. The molecule has 0 spiro atoms. The molecule has 3 rings (SSSR count). The maximum Gasteiger partial charge on any atom is 0.238 e. The quantitative estimate of drug-likeness (QED) is 0.372. The van der Waals surface area contributed by atoms with E-state index < -0.39 is 50.6 Å². The van der Waals surface area contributed by atoms with E-state index in [-0.39, 0.29) is 36.2 Å². The minimum atomic E-state index is -4.14. The molecule has 0 aliphatic heterocycles. The molecule has 1 aliphatic rings. The Hall–Kier alpha value is -1.57. The third-order valence-corrected chi connectivity index (χ3v) is 7.90. The smallest absolute Gasteiger partial charge is 0.238 e. The Bertz CT molecular complexity index is 1080. The Kier molecular flexibility index (Phi) is 6.56. The average molecular weight is 556 g/mol. The summed E-state index contributed by atoms with van der Waals surface area (Å²) in [7, 11) is -4.14. The van der Waals surface area contributed by atoms with Crippen LogP contribution in [0.3, 0.4) is 0 Å². The lowest BCUT2D eigenvalue weighted by Crippen LogP contribution is -2.34. The van der Waals surface area contributed by atoms with Crippen LogP contribution in [0.1, 0.15) is 24.8 Å². The maximum absolute atomic E-state index is 14.6. The molecule has 1 fully saturated rings. The number of aliphatic hydroxyl groups is 2. The van der Waals surface area contributed by atoms with Gasteiger partial charge in [0.05, 0.1) is 28.8 Å². The molecule has 30 heavy (non-hydrogen) atoms. The first kappa shape index (κ1) is 23.1. The van der Waals surface area contributed by atoms with Crippen LogP contribution in [0.25, 0.3) is 0 Å². The standard InChI is InChI=1S/C19H20F3IN2O4S/c1-10-6-14(21)16(22)18(24-15-3-2-11(23)7-13(15)20)17(10)25-30(28,29)19(4-5-19)8-12(27)9-26/h2-3,6-7,12,24-27H,4-5,8-9H2,1H3. The highest BCUT2D eigenvalue weighted by Crippen LogP contribution is 2.49. The normalized spacial score (nSPS) is 16.2. The summed E-state index contributed by atoms with van der Waals surface area (Å²) in [5, 5.41) is 21.2. The Balaban J connectivity index is 2.02. The van der Waals surface area contributed by atoms with Crippen molar-refractivity contribution in [1.29, 1.82) is 0 Å². The van der Waals surface area contributed by atoms with Crippen molar-refractivity contribution in [3.63, 3.8) is 0 Å². The van der Waals surface area contributed by atoms with Crippen LogP contribution in [0.4, 0.5) is 30.2 Å². The van der Waals surface area contributed by atoms with E-state index in [1.165, 1.54) is 19.1 Å². The maximum atomic E-state index is 14.6. The van der Waals surface area contributed by atoms with Gasteiger partial charge in [0.25, 0.3) is 0 Å². The van der Waals surface area contributed by atoms with E-state index in [1.54, 1.807) is 6.07 Å². The molecule has 1 unspecified atom stereocenters. The Morgan fingerprint density at radius 3 is 2.40 bits per heavy atom. The summed E-state index contributed by atoms with van der Waals surface area (Å²) in [6.07, 6.45) is -0.933. The van der Waals surface area contributed by atoms with Gasteiger partial charge in [-0.3, -0.25) is 4.72 Å². The van der Waals surface area contributed by atoms with E-state index in [1.807, 2.05) is 22.6 Å². The van der Waals surface area contributed by atoms with Gasteiger partial charge in [0, 0.05) is 3.57 Å². The lowest BCUT2D eigenvalue weighted by atomic mass is 10.1. The zero-order valence-electron chi connectivity index (χ0n) is 15.8. The number of sulfonamides is 1. The number of aryl methyl sites for hydroxylation is 1. The van der Waals surface area contributed by atoms with Crippen LogP contribution >= 0.6 is 22.6 Å². The average Bonchev–Trinajstić information content (AvgIpc) is 3.45. The van der Waals surface area contributed by atoms with E-state index in [2.05, 4.69) is 10.0 Å². The molecular formula is C19H20F3IN2O4S. The molecule has 0 aromatic heterocycles. The van der Waals surface area contributed by atoms with Crippen molar-refractivity contribution in [2.24, 2.45) is 0 Å². The Morgan fingerprint density at radius 1 is 1.17 bits per heavy atom. The highest BCUT2D eigenvalue weighted by molar-refractivity contribution is 14.1. The summed E-state index contributed by atoms with van der Waals surface area (Å²) in [5.41, 5.74) is -0.868. The minimum absolute atomic E-state index is 0.0874. The van der Waals surface area contributed by atoms with Crippen molar-refractivity contribution >= 4 is 49.7 Å². The molecule has 2 aromatic carbocycles. The van der Waals surface area contributed by atoms with Crippen LogP contribution in [0, 0.1) is 27.9 Å². The van der Waals surface area contributed by atoms with Crippen LogP contribution in [0.2, 0.25) is 0 Å². The zero-order valence-corrected chi connectivity index (χ0v) is 18.8. The second-order valence-electron chi connectivity index (χ2n) is 7.32. The van der Waals surface area contributed by atoms with Gasteiger partial charge in [0.2, 0.25) is 10.0 Å². The first-order valence-corrected chi connectivity index (χ1v) is 11.6. The highest BCUT2D eigenvalue weighted by atomic mass is 127. The molecule has 1 atom stereocenters. The van der Waals surface area contributed by atoms with E-state index in [9.17, 15) is 26.7 Å². The second-order valence-corrected chi connectivity index (χ2v) is 10.6. The summed E-state index contributed by atoms with van der Waals surface area (Å²) in [6.45, 7) is 0.790. The monoisotopic (exact) mass is 556 g/mol. The van der Waals surface area contributed by atoms with Crippen LogP contribution < -0.4 is 10.0 Å². The van der Waals surface area contributed by atoms with Crippen molar-refractivity contribution in [2.75, 3.05) is 16.6 Å². The summed E-state index contributed by atoms with van der Waals surface area (Å²) >= 11 is 1.89. The van der Waals surface area contributed by atoms with E-state index >= 15 is 0 Å². The lowest BCUT2D eigenvalue weighted by molar-refractivity contribution is 0.0858. The number of nitrogens with one attached hydrogen (secondary N) is 2. The molecule has 6 nitrogen and oxygen atoms in total. The van der Waals surface area contributed by atoms with Gasteiger partial charge in [0.15, 0.2) is 11.6 Å². The van der Waals surface area contributed by atoms with E-state index in [0.29, 0.717) is 3.57 Å². The topological polar surface area (TPSA) is 98.7 Å². The molecule has 11 heteroatoms. The van der Waals surface area contributed by atoms with Gasteiger partial charge >= 0.3 is 0 Å². The van der Waals surface area contributed by atoms with E-state index in [4.69, 9.17) is 5.11 Å². The van der Waals surface area contributed by atoms with Gasteiger partial charge in [-0.25, -0.2) is 21.6 Å². The number of hydrogen-bond donors (Lipinski definition) is 4. The fourth-order valence-corrected chi connectivity index (χ4v) is 5.44. The molecule has 1 aliphatic carbocycles. The molecule has 0 bridgehead atoms. The molecule has 0 radical (unpaired) electrons. The van der Waals surface area contributed by atoms with Gasteiger partial charge in [0.1, 0.15) is 11.5 Å². The van der Waals surface area contributed by atoms with Crippen LogP contribution in [0.15, 0.2) is 24.3 Å². The van der Waals surface area contributed by atoms with Gasteiger partial charge in [-0.05, 0) is 78.6 Å². The molecule has 164 valence electrons. The molecular weight excluding hydrogens is 536 g/mol. The fourth-order valence-electron chi connectivity index (χ4n) is 3.18. The molecule has 0 saturated heterocycles. The molecule has 1 saturated carbocycles. The second kappa shape index (κ2) is 8.52. The molecule has 4 N–H and O–H groups in total. The number of halogens is 4. The van der Waals surface area contributed by atoms with Gasteiger partial charge in [-0.2, -0.15) is 0 Å². The van der Waals surface area contributed by atoms with Crippen LogP contribution in [-0.2, 0) is 10.0 Å². The van der Waals surface area contributed by atoms with Crippen molar-refractivity contribution < 1.29 is 31.8 Å². The zero-order chi connectivity index (χ0) is 22.3. The first-order valence-electron chi connectivity index (χ1n) is 9.01. The van der Waals surface area contributed by atoms with Crippen molar-refractivity contribution in [1.82, 2.24) is 0 Å².